The van der Waals surface area contributed by atoms with Crippen LogP contribution in [-0.2, 0) is 19.4 Å². The second-order valence-corrected chi connectivity index (χ2v) is 8.79. The molecule has 0 amide bonds. The number of aryl methyl sites for hydroxylation is 1. The third kappa shape index (κ3) is 3.51. The molecule has 0 aliphatic carbocycles. The van der Waals surface area contributed by atoms with Gasteiger partial charge in [-0.2, -0.15) is 0 Å². The number of nitrogens with zero attached hydrogens (tertiary/aromatic N) is 3. The minimum absolute atomic E-state index is 0.0257. The van der Waals surface area contributed by atoms with Crippen molar-refractivity contribution in [2.75, 3.05) is 6.61 Å². The summed E-state index contributed by atoms with van der Waals surface area (Å²) in [7, 11) is 0. The summed E-state index contributed by atoms with van der Waals surface area (Å²) in [5.41, 5.74) is 5.34. The summed E-state index contributed by atoms with van der Waals surface area (Å²) in [4.78, 5) is 21.7. The van der Waals surface area contributed by atoms with E-state index in [0.29, 0.717) is 31.7 Å². The lowest BCUT2D eigenvalue weighted by Crippen LogP contribution is -2.32. The van der Waals surface area contributed by atoms with Crippen molar-refractivity contribution in [1.82, 2.24) is 19.1 Å². The van der Waals surface area contributed by atoms with E-state index in [9.17, 15) is 9.90 Å². The molecule has 176 valence electrons. The van der Waals surface area contributed by atoms with Crippen LogP contribution in [0.25, 0.3) is 10.9 Å². The van der Waals surface area contributed by atoms with E-state index in [1.165, 1.54) is 4.57 Å². The molecule has 2 N–H and O–H groups in total. The number of H-pyrrole nitrogens is 1. The number of nitrogens with one attached hydrogen (secondary N) is 1. The van der Waals surface area contributed by atoms with E-state index in [1.807, 2.05) is 67.6 Å². The molecule has 6 rings (SSSR count). The fourth-order valence-electron chi connectivity index (χ4n) is 5.17. The maximum absolute atomic E-state index is 13.7. The Morgan fingerprint density at radius 1 is 1.09 bits per heavy atom. The molecule has 1 atom stereocenters. The van der Waals surface area contributed by atoms with E-state index >= 15 is 0 Å². The number of aromatic amines is 1. The summed E-state index contributed by atoms with van der Waals surface area (Å²) in [6, 6.07) is 21.3. The lowest BCUT2D eigenvalue weighted by Gasteiger charge is -2.26. The Balaban J connectivity index is 1.49. The standard InChI is InChI=1S/C28H26N4O3/c1-2-35-20-12-10-18(11-13-20)26-25-22(21-8-3-4-9-23(21)30-25)17-24-27(33)31(28(34)32(24)26)16-14-19-7-5-6-15-29-19/h3-13,15,26,30,33H,2,14,16-17H2,1H3/t26-/m0/s1. The van der Waals surface area contributed by atoms with Gasteiger partial charge in [0, 0.05) is 47.9 Å². The quantitative estimate of drug-likeness (QED) is 0.381. The predicted octanol–water partition coefficient (Wildman–Crippen LogP) is 4.42. The third-order valence-electron chi connectivity index (χ3n) is 6.79. The Bertz CT molecular complexity index is 1560. The van der Waals surface area contributed by atoms with Gasteiger partial charge < -0.3 is 14.8 Å². The fraction of sp³-hybridized carbons (Fsp3) is 0.214. The van der Waals surface area contributed by atoms with Gasteiger partial charge in [0.15, 0.2) is 0 Å². The van der Waals surface area contributed by atoms with Gasteiger partial charge in [0.05, 0.1) is 12.3 Å². The average molecular weight is 467 g/mol. The minimum atomic E-state index is -0.383. The van der Waals surface area contributed by atoms with E-state index in [0.717, 1.165) is 39.2 Å². The maximum atomic E-state index is 13.7. The van der Waals surface area contributed by atoms with Crippen LogP contribution < -0.4 is 10.4 Å². The van der Waals surface area contributed by atoms with Gasteiger partial charge in [-0.3, -0.25) is 14.1 Å². The topological polar surface area (TPSA) is 85.1 Å². The first-order valence-corrected chi connectivity index (χ1v) is 11.9. The van der Waals surface area contributed by atoms with E-state index in [4.69, 9.17) is 4.74 Å². The smallest absolute Gasteiger partial charge is 0.332 e. The molecule has 0 unspecified atom stereocenters. The van der Waals surface area contributed by atoms with E-state index in [1.54, 1.807) is 10.8 Å². The molecule has 7 heteroatoms. The van der Waals surface area contributed by atoms with Crippen molar-refractivity contribution in [2.45, 2.75) is 32.4 Å². The predicted molar refractivity (Wildman–Crippen MR) is 134 cm³/mol. The Hall–Kier alpha value is -4.26. The second-order valence-electron chi connectivity index (χ2n) is 8.79. The van der Waals surface area contributed by atoms with E-state index in [2.05, 4.69) is 16.0 Å². The first-order valence-electron chi connectivity index (χ1n) is 11.9. The Morgan fingerprint density at radius 3 is 2.66 bits per heavy atom. The Morgan fingerprint density at radius 2 is 1.89 bits per heavy atom. The Kier molecular flexibility index (Phi) is 5.17. The van der Waals surface area contributed by atoms with E-state index < -0.39 is 0 Å². The van der Waals surface area contributed by atoms with Crippen LogP contribution in [0.3, 0.4) is 0 Å². The van der Waals surface area contributed by atoms with Crippen LogP contribution in [0.2, 0.25) is 0 Å². The Labute approximate surface area is 202 Å². The van der Waals surface area contributed by atoms with Crippen molar-refractivity contribution in [1.29, 1.82) is 0 Å². The molecule has 1 aliphatic rings. The number of hydrogen-bond acceptors (Lipinski definition) is 4. The van der Waals surface area contributed by atoms with Crippen molar-refractivity contribution in [2.24, 2.45) is 0 Å². The number of ether oxygens (including phenoxy) is 1. The van der Waals surface area contributed by atoms with Crippen LogP contribution in [0.5, 0.6) is 11.6 Å². The molecule has 0 spiro atoms. The zero-order valence-electron chi connectivity index (χ0n) is 19.4. The largest absolute Gasteiger partial charge is 0.494 e. The summed E-state index contributed by atoms with van der Waals surface area (Å²) in [6.45, 7) is 2.89. The highest BCUT2D eigenvalue weighted by atomic mass is 16.5. The number of para-hydroxylation sites is 1. The number of fused-ring (bicyclic) bond motifs is 4. The number of rotatable bonds is 6. The summed E-state index contributed by atoms with van der Waals surface area (Å²) >= 11 is 0. The minimum Gasteiger partial charge on any atom is -0.494 e. The average Bonchev–Trinajstić information content (AvgIpc) is 3.37. The van der Waals surface area contributed by atoms with Crippen LogP contribution >= 0.6 is 0 Å². The highest BCUT2D eigenvalue weighted by Gasteiger charge is 2.35. The van der Waals surface area contributed by atoms with Crippen molar-refractivity contribution >= 4 is 10.9 Å². The number of imidazole rings is 1. The SMILES string of the molecule is CCOc1ccc([C@H]2c3[nH]c4ccccc4c3Cc3c(O)n(CCc4ccccn4)c(=O)n32)cc1. The molecule has 3 aromatic heterocycles. The van der Waals surface area contributed by atoms with Crippen LogP contribution in [-0.4, -0.2) is 30.8 Å². The normalized spacial score (nSPS) is 14.6. The molecule has 2 aromatic carbocycles. The number of aromatic nitrogens is 4. The molecule has 1 aliphatic heterocycles. The molecule has 0 saturated carbocycles. The summed E-state index contributed by atoms with van der Waals surface area (Å²) in [6.07, 6.45) is 2.77. The molecular formula is C28H26N4O3. The van der Waals surface area contributed by atoms with Gasteiger partial charge in [-0.05, 0) is 48.4 Å². The molecule has 0 radical (unpaired) electrons. The van der Waals surface area contributed by atoms with Crippen LogP contribution in [0.4, 0.5) is 0 Å². The van der Waals surface area contributed by atoms with Crippen LogP contribution in [0, 0.1) is 0 Å². The lowest BCUT2D eigenvalue weighted by atomic mass is 9.93. The van der Waals surface area contributed by atoms with Crippen molar-refractivity contribution in [3.63, 3.8) is 0 Å². The molecule has 4 heterocycles. The maximum Gasteiger partial charge on any atom is 0.332 e. The van der Waals surface area contributed by atoms with Crippen molar-refractivity contribution < 1.29 is 9.84 Å². The molecule has 5 aromatic rings. The summed E-state index contributed by atoms with van der Waals surface area (Å²) in [5.74, 6) is 0.810. The first kappa shape index (κ1) is 21.3. The highest BCUT2D eigenvalue weighted by Crippen LogP contribution is 2.41. The van der Waals surface area contributed by atoms with E-state index in [-0.39, 0.29) is 17.6 Å². The second kappa shape index (κ2) is 8.51. The molecule has 7 nitrogen and oxygen atoms in total. The number of hydrogen-bond donors (Lipinski definition) is 2. The number of benzene rings is 2. The number of aromatic hydroxyl groups is 1. The third-order valence-corrected chi connectivity index (χ3v) is 6.79. The highest BCUT2D eigenvalue weighted by molar-refractivity contribution is 5.86. The summed E-state index contributed by atoms with van der Waals surface area (Å²) < 4.78 is 8.84. The molecule has 0 saturated heterocycles. The molecule has 0 fully saturated rings. The van der Waals surface area contributed by atoms with Crippen molar-refractivity contribution in [3.8, 4) is 11.6 Å². The van der Waals surface area contributed by atoms with Gasteiger partial charge in [0.25, 0.3) is 0 Å². The zero-order chi connectivity index (χ0) is 23.9. The van der Waals surface area contributed by atoms with Gasteiger partial charge in [-0.1, -0.05) is 36.4 Å². The van der Waals surface area contributed by atoms with Gasteiger partial charge in [-0.15, -0.1) is 0 Å². The molecule has 35 heavy (non-hydrogen) atoms. The first-order chi connectivity index (χ1) is 17.2. The fourth-order valence-corrected chi connectivity index (χ4v) is 5.17. The van der Waals surface area contributed by atoms with Crippen LogP contribution in [0.1, 0.15) is 41.2 Å². The van der Waals surface area contributed by atoms with Gasteiger partial charge in [-0.25, -0.2) is 4.79 Å². The molecular weight excluding hydrogens is 440 g/mol. The van der Waals surface area contributed by atoms with Crippen LogP contribution in [0.15, 0.2) is 77.7 Å². The lowest BCUT2D eigenvalue weighted by molar-refractivity contribution is 0.340. The zero-order valence-corrected chi connectivity index (χ0v) is 19.4. The van der Waals surface area contributed by atoms with Gasteiger partial charge in [0.1, 0.15) is 11.8 Å². The van der Waals surface area contributed by atoms with Gasteiger partial charge >= 0.3 is 5.69 Å². The monoisotopic (exact) mass is 466 g/mol. The molecule has 0 bridgehead atoms. The van der Waals surface area contributed by atoms with Crippen molar-refractivity contribution in [3.05, 3.63) is 112 Å². The van der Waals surface area contributed by atoms with Gasteiger partial charge in [0.2, 0.25) is 5.88 Å². The number of pyridine rings is 1. The summed E-state index contributed by atoms with van der Waals surface area (Å²) in [5, 5.41) is 12.3.